The van der Waals surface area contributed by atoms with Crippen LogP contribution >= 0.6 is 0 Å². The number of nitrogens with zero attached hydrogens (tertiary/aromatic N) is 3. The van der Waals surface area contributed by atoms with Crippen LogP contribution in [-0.4, -0.2) is 101 Å². The largest absolute Gasteiger partial charge is 0.573 e. The number of benzene rings is 1. The number of aromatic nitrogens is 1. The monoisotopic (exact) mass is 830 g/mol. The summed E-state index contributed by atoms with van der Waals surface area (Å²) in [5.74, 6) is -2.54. The van der Waals surface area contributed by atoms with E-state index in [0.717, 1.165) is 25.7 Å². The van der Waals surface area contributed by atoms with Gasteiger partial charge in [0.15, 0.2) is 0 Å². The first-order chi connectivity index (χ1) is 27.4. The molecular weight excluding hydrogens is 782 g/mol. The highest BCUT2D eigenvalue weighted by Crippen LogP contribution is 2.49. The van der Waals surface area contributed by atoms with Crippen LogP contribution in [0.2, 0.25) is 0 Å². The van der Waals surface area contributed by atoms with Crippen molar-refractivity contribution in [1.82, 2.24) is 30.1 Å². The van der Waals surface area contributed by atoms with Crippen LogP contribution in [0, 0.1) is 12.8 Å². The minimum Gasteiger partial charge on any atom is -0.483 e. The summed E-state index contributed by atoms with van der Waals surface area (Å²) >= 11 is 0. The molecule has 4 aliphatic heterocycles. The molecule has 3 N–H and O–H groups in total. The molecule has 58 heavy (non-hydrogen) atoms. The van der Waals surface area contributed by atoms with Crippen molar-refractivity contribution in [1.29, 1.82) is 0 Å². The molecule has 2 aromatic rings. The highest BCUT2D eigenvalue weighted by molar-refractivity contribution is 7.91. The molecule has 2 aliphatic carbocycles. The van der Waals surface area contributed by atoms with Gasteiger partial charge in [0.1, 0.15) is 34.7 Å². The van der Waals surface area contributed by atoms with Crippen molar-refractivity contribution in [3.63, 3.8) is 0 Å². The number of hydrogen-bond acceptors (Lipinski definition) is 9. The van der Waals surface area contributed by atoms with Gasteiger partial charge < -0.3 is 29.9 Å². The number of pyridine rings is 1. The van der Waals surface area contributed by atoms with Gasteiger partial charge in [-0.15, -0.1) is 13.2 Å². The predicted molar refractivity (Wildman–Crippen MR) is 204 cm³/mol. The van der Waals surface area contributed by atoms with Crippen molar-refractivity contribution in [3.05, 3.63) is 41.6 Å². The van der Waals surface area contributed by atoms with Crippen molar-refractivity contribution in [3.8, 4) is 11.5 Å². The fraction of sp³-hybridized carbons (Fsp3) is 0.625. The summed E-state index contributed by atoms with van der Waals surface area (Å²) in [6.45, 7) is 4.35. The molecule has 5 amide bonds. The lowest BCUT2D eigenvalue weighted by Crippen LogP contribution is -2.59. The lowest BCUT2D eigenvalue weighted by Gasteiger charge is -2.37. The van der Waals surface area contributed by atoms with Gasteiger partial charge in [-0.25, -0.2) is 18.2 Å². The van der Waals surface area contributed by atoms with Crippen LogP contribution in [0.1, 0.15) is 95.2 Å². The number of carbonyl (C=O) groups is 4. The number of hydrogen-bond donors (Lipinski definition) is 3. The summed E-state index contributed by atoms with van der Waals surface area (Å²) in [6.07, 6.45) is 5.28. The maximum atomic E-state index is 14.8. The van der Waals surface area contributed by atoms with E-state index in [2.05, 4.69) is 25.1 Å². The zero-order valence-electron chi connectivity index (χ0n) is 32.6. The van der Waals surface area contributed by atoms with Crippen LogP contribution in [0.4, 0.5) is 18.0 Å². The van der Waals surface area contributed by atoms with Crippen molar-refractivity contribution in [2.75, 3.05) is 19.6 Å². The molecule has 0 bridgehead atoms. The van der Waals surface area contributed by atoms with Crippen molar-refractivity contribution < 1.29 is 50.2 Å². The summed E-state index contributed by atoms with van der Waals surface area (Å²) in [5.41, 5.74) is -1.19. The van der Waals surface area contributed by atoms with E-state index in [0.29, 0.717) is 79.5 Å². The number of likely N-dealkylation sites (tertiary alicyclic amines) is 1. The zero-order valence-corrected chi connectivity index (χ0v) is 33.4. The van der Waals surface area contributed by atoms with Crippen molar-refractivity contribution in [2.24, 2.45) is 5.92 Å². The number of carbonyl (C=O) groups excluding carboxylic acids is 4. The summed E-state index contributed by atoms with van der Waals surface area (Å²) in [6, 6.07) is 1.40. The average Bonchev–Trinajstić information content (AvgIpc) is 3.93. The highest BCUT2D eigenvalue weighted by atomic mass is 32.2. The van der Waals surface area contributed by atoms with E-state index in [-0.39, 0.29) is 31.8 Å². The van der Waals surface area contributed by atoms with Gasteiger partial charge in [-0.05, 0) is 96.3 Å². The van der Waals surface area contributed by atoms with E-state index in [1.807, 2.05) is 12.2 Å². The fourth-order valence-corrected chi connectivity index (χ4v) is 10.3. The molecule has 4 fully saturated rings. The maximum Gasteiger partial charge on any atom is 0.573 e. The standard InChI is InChI=1S/C40H49F3N6O8S/c1-24-32-27(28-20-26(56-40(41,42)43)12-13-29(28)44-24)14-15-38(57-32)22-31-33(50)46-39(35(52)47-58(54,55)37(2)16-17-37)21-25(39)10-6-4-3-5-7-11-30(34(51)49(31)23-38)45-36(53)48-18-8-9-19-48/h6,10,12-13,20,25,30-31H,3-5,7-9,11,14-19,21-23H2,1-2H3,(H,45,53)(H,46,50)(H,47,52)/t25-,30+,31+,38-,39-/m1/s1. The summed E-state index contributed by atoms with van der Waals surface area (Å²) in [4.78, 5) is 64.5. The third-order valence-electron chi connectivity index (χ3n) is 12.9. The molecule has 5 atom stereocenters. The van der Waals surface area contributed by atoms with Gasteiger partial charge in [0, 0.05) is 36.4 Å². The van der Waals surface area contributed by atoms with E-state index in [9.17, 15) is 40.8 Å². The van der Waals surface area contributed by atoms with Gasteiger partial charge in [-0.3, -0.25) is 19.1 Å². The number of amides is 5. The molecule has 6 aliphatic rings. The number of alkyl halides is 3. The summed E-state index contributed by atoms with van der Waals surface area (Å²) in [5, 5.41) is 6.26. The van der Waals surface area contributed by atoms with Gasteiger partial charge >= 0.3 is 12.4 Å². The molecule has 0 unspecified atom stereocenters. The third-order valence-corrected chi connectivity index (χ3v) is 15.0. The van der Waals surface area contributed by atoms with Crippen molar-refractivity contribution >= 4 is 44.7 Å². The lowest BCUT2D eigenvalue weighted by molar-refractivity contribution is -0.274. The Morgan fingerprint density at radius 3 is 2.53 bits per heavy atom. The minimum atomic E-state index is -4.90. The van der Waals surface area contributed by atoms with Gasteiger partial charge in [-0.1, -0.05) is 25.0 Å². The third kappa shape index (κ3) is 7.68. The Morgan fingerprint density at radius 1 is 1.05 bits per heavy atom. The number of halogens is 3. The van der Waals surface area contributed by atoms with Crippen LogP contribution in [0.3, 0.4) is 0 Å². The normalized spacial score (nSPS) is 29.6. The van der Waals surface area contributed by atoms with Crippen LogP contribution in [0.25, 0.3) is 10.9 Å². The Labute approximate surface area is 334 Å². The quantitative estimate of drug-likeness (QED) is 0.362. The maximum absolute atomic E-state index is 14.8. The fourth-order valence-electron chi connectivity index (χ4n) is 9.03. The molecule has 14 nitrogen and oxygen atoms in total. The Balaban J connectivity index is 1.13. The summed E-state index contributed by atoms with van der Waals surface area (Å²) in [7, 11) is -4.04. The first-order valence-corrected chi connectivity index (χ1v) is 21.7. The molecule has 314 valence electrons. The zero-order chi connectivity index (χ0) is 41.3. The second-order valence-electron chi connectivity index (χ2n) is 17.1. The number of ether oxygens (including phenoxy) is 2. The van der Waals surface area contributed by atoms with E-state index < -0.39 is 73.7 Å². The van der Waals surface area contributed by atoms with Crippen LogP contribution in [0.15, 0.2) is 30.4 Å². The smallest absolute Gasteiger partial charge is 0.483 e. The lowest BCUT2D eigenvalue weighted by atomic mass is 9.87. The second-order valence-corrected chi connectivity index (χ2v) is 19.3. The molecule has 0 radical (unpaired) electrons. The number of fused-ring (bicyclic) bond motifs is 5. The number of allylic oxidation sites excluding steroid dienone is 1. The van der Waals surface area contributed by atoms with Gasteiger partial charge in [-0.2, -0.15) is 0 Å². The Bertz CT molecular complexity index is 2170. The molecular formula is C40H49F3N6O8S. The number of rotatable bonds is 5. The molecule has 5 heterocycles. The van der Waals surface area contributed by atoms with Gasteiger partial charge in [0.25, 0.3) is 5.91 Å². The summed E-state index contributed by atoms with van der Waals surface area (Å²) < 4.78 is 78.0. The molecule has 18 heteroatoms. The van der Waals surface area contributed by atoms with E-state index in [1.54, 1.807) is 18.7 Å². The minimum absolute atomic E-state index is 0.0138. The molecule has 2 saturated carbocycles. The van der Waals surface area contributed by atoms with E-state index in [1.165, 1.54) is 23.1 Å². The Morgan fingerprint density at radius 2 is 1.81 bits per heavy atom. The number of aryl methyl sites for hydroxylation is 2. The van der Waals surface area contributed by atoms with Gasteiger partial charge in [0.2, 0.25) is 21.8 Å². The molecule has 1 spiro atoms. The number of urea groups is 1. The first-order valence-electron chi connectivity index (χ1n) is 20.2. The first kappa shape index (κ1) is 40.2. The molecule has 1 aromatic heterocycles. The van der Waals surface area contributed by atoms with Crippen LogP contribution in [0.5, 0.6) is 11.5 Å². The number of nitrogens with one attached hydrogen (secondary N) is 3. The second kappa shape index (κ2) is 14.6. The topological polar surface area (TPSA) is 176 Å². The van der Waals surface area contributed by atoms with Crippen molar-refractivity contribution in [2.45, 2.75) is 132 Å². The molecule has 2 saturated heterocycles. The SMILES string of the molecule is Cc1nc2ccc(OC(F)(F)F)cc2c2c1O[C@]1(CC2)C[C@H]2C(=O)N[C@]3(C(=O)NS(=O)(=O)C4(C)CC4)C[C@H]3C=CCCCCC[C@H](NC(=O)N3CCCC3)C(=O)N2C1. The highest BCUT2D eigenvalue weighted by Gasteiger charge is 2.64. The van der Waals surface area contributed by atoms with Crippen LogP contribution in [-0.2, 0) is 30.8 Å². The molecule has 8 rings (SSSR count). The number of sulfonamides is 1. The Kier molecular flexibility index (Phi) is 10.1. The van der Waals surface area contributed by atoms with E-state index >= 15 is 0 Å². The van der Waals surface area contributed by atoms with Gasteiger partial charge in [0.05, 0.1) is 22.5 Å². The Hall–Kier alpha value is -4.61. The van der Waals surface area contributed by atoms with E-state index in [4.69, 9.17) is 4.74 Å². The van der Waals surface area contributed by atoms with Crippen LogP contribution < -0.4 is 24.8 Å². The molecule has 1 aromatic carbocycles. The predicted octanol–water partition coefficient (Wildman–Crippen LogP) is 4.67. The average molecular weight is 831 g/mol.